The van der Waals surface area contributed by atoms with Crippen LogP contribution in [0.3, 0.4) is 0 Å². The molecule has 2 aromatic heterocycles. The average molecular weight is 607 g/mol. The Bertz CT molecular complexity index is 1590. The van der Waals surface area contributed by atoms with Gasteiger partial charge in [0.1, 0.15) is 33.3 Å². The van der Waals surface area contributed by atoms with Crippen molar-refractivity contribution in [3.8, 4) is 0 Å². The van der Waals surface area contributed by atoms with Crippen molar-refractivity contribution in [2.75, 3.05) is 33.3 Å². The van der Waals surface area contributed by atoms with Crippen LogP contribution >= 0.6 is 0 Å². The van der Waals surface area contributed by atoms with Gasteiger partial charge in [0.25, 0.3) is 0 Å². The molecule has 0 saturated carbocycles. The molecule has 1 fully saturated rings. The molecule has 6 rings (SSSR count). The lowest BCUT2D eigenvalue weighted by atomic mass is 9.98. The molecule has 4 aromatic rings. The van der Waals surface area contributed by atoms with Gasteiger partial charge in [-0.2, -0.15) is 30.8 Å². The number of likely N-dealkylation sites (tertiary alicyclic amines) is 1. The number of nitrogens with zero attached hydrogens (tertiary/aromatic N) is 6. The molecule has 236 valence electrons. The third-order valence-electron chi connectivity index (χ3n) is 6.91. The molecular formula is C31H42N8O5. The predicted octanol–water partition coefficient (Wildman–Crippen LogP) is 4.88. The minimum atomic E-state index is -0.473. The van der Waals surface area contributed by atoms with Crippen molar-refractivity contribution in [2.24, 2.45) is 0 Å². The molecule has 2 aliphatic rings. The number of nitrogens with one attached hydrogen (secondary N) is 2. The average Bonchev–Trinajstić information content (AvgIpc) is 3.78. The Labute approximate surface area is 256 Å². The monoisotopic (exact) mass is 606 g/mol. The Morgan fingerprint density at radius 1 is 0.795 bits per heavy atom. The van der Waals surface area contributed by atoms with Crippen LogP contribution in [0, 0.1) is 0 Å². The van der Waals surface area contributed by atoms with Crippen LogP contribution in [-0.2, 0) is 9.47 Å². The first-order valence-corrected chi connectivity index (χ1v) is 14.6. The molecule has 2 amide bonds. The summed E-state index contributed by atoms with van der Waals surface area (Å²) in [6.45, 7) is 13.8. The summed E-state index contributed by atoms with van der Waals surface area (Å²) in [5.74, 6) is 0.332. The predicted molar refractivity (Wildman–Crippen MR) is 167 cm³/mol. The van der Waals surface area contributed by atoms with Crippen LogP contribution in [0.4, 0.5) is 9.59 Å². The van der Waals surface area contributed by atoms with Crippen LogP contribution in [0.1, 0.15) is 65.0 Å². The van der Waals surface area contributed by atoms with E-state index < -0.39 is 11.2 Å². The first-order chi connectivity index (χ1) is 20.8. The van der Waals surface area contributed by atoms with Crippen LogP contribution < -0.4 is 0 Å². The second-order valence-corrected chi connectivity index (χ2v) is 12.6. The number of hydrogen-bond acceptors (Lipinski definition) is 9. The Kier molecular flexibility index (Phi) is 9.88. The molecule has 13 nitrogen and oxygen atoms in total. The van der Waals surface area contributed by atoms with Gasteiger partial charge in [-0.3, -0.25) is 0 Å². The number of hydrogen-bond donors (Lipinski definition) is 3. The van der Waals surface area contributed by atoms with Gasteiger partial charge in [0.2, 0.25) is 0 Å². The van der Waals surface area contributed by atoms with Crippen molar-refractivity contribution in [3.05, 3.63) is 53.6 Å². The van der Waals surface area contributed by atoms with E-state index in [1.54, 1.807) is 9.80 Å². The van der Waals surface area contributed by atoms with Crippen molar-refractivity contribution in [1.82, 2.24) is 40.6 Å². The Balaban J connectivity index is 0.000000190. The highest BCUT2D eigenvalue weighted by atomic mass is 16.6. The summed E-state index contributed by atoms with van der Waals surface area (Å²) in [5, 5.41) is 28.5. The Morgan fingerprint density at radius 3 is 1.95 bits per heavy atom. The number of rotatable bonds is 2. The smallest absolute Gasteiger partial charge is 0.410 e. The van der Waals surface area contributed by atoms with Gasteiger partial charge in [-0.25, -0.2) is 9.59 Å². The number of amides is 2. The highest BCUT2D eigenvalue weighted by molar-refractivity contribution is 5.83. The molecule has 2 aromatic carbocycles. The number of aliphatic hydroxyl groups is 1. The molecule has 0 spiro atoms. The zero-order valence-electron chi connectivity index (χ0n) is 26.4. The number of fused-ring (bicyclic) bond motifs is 2. The summed E-state index contributed by atoms with van der Waals surface area (Å²) in [7, 11) is 1.00. The van der Waals surface area contributed by atoms with Crippen LogP contribution in [0.5, 0.6) is 0 Å². The van der Waals surface area contributed by atoms with E-state index in [2.05, 4.69) is 36.9 Å². The SMILES string of the molecule is CC(C)(C)OC(=O)N1CC=C(c2ccc3n[nH]nc3c2)C1.CC(C)(C)OC(=O)N1CCC(c2ccc3n[nH]nc3c2)C1.CO. The number of carbonyl (C=O) groups is 2. The molecule has 44 heavy (non-hydrogen) atoms. The summed E-state index contributed by atoms with van der Waals surface area (Å²) in [5.41, 5.74) is 5.82. The zero-order valence-corrected chi connectivity index (χ0v) is 26.4. The second-order valence-electron chi connectivity index (χ2n) is 12.6. The lowest BCUT2D eigenvalue weighted by Gasteiger charge is -2.24. The molecule has 4 heterocycles. The first kappa shape index (κ1) is 32.4. The zero-order chi connectivity index (χ0) is 32.1. The van der Waals surface area contributed by atoms with E-state index in [4.69, 9.17) is 14.6 Å². The van der Waals surface area contributed by atoms with Crippen LogP contribution in [0.25, 0.3) is 27.6 Å². The Morgan fingerprint density at radius 2 is 1.34 bits per heavy atom. The van der Waals surface area contributed by atoms with Gasteiger partial charge in [-0.15, -0.1) is 0 Å². The summed E-state index contributed by atoms with van der Waals surface area (Å²) >= 11 is 0. The fraction of sp³-hybridized carbons (Fsp3) is 0.484. The number of H-pyrrole nitrogens is 2. The maximum atomic E-state index is 12.1. The molecule has 3 N–H and O–H groups in total. The normalized spacial score (nSPS) is 16.6. The molecule has 2 aliphatic heterocycles. The fourth-order valence-corrected chi connectivity index (χ4v) is 4.91. The minimum absolute atomic E-state index is 0.229. The topological polar surface area (TPSA) is 162 Å². The van der Waals surface area contributed by atoms with Crippen molar-refractivity contribution in [2.45, 2.75) is 65.1 Å². The van der Waals surface area contributed by atoms with Crippen LogP contribution in [0.2, 0.25) is 0 Å². The van der Waals surface area contributed by atoms with Crippen LogP contribution in [-0.4, -0.2) is 102 Å². The molecule has 1 unspecified atom stereocenters. The van der Waals surface area contributed by atoms with E-state index in [1.807, 2.05) is 78.0 Å². The molecular weight excluding hydrogens is 564 g/mol. The van der Waals surface area contributed by atoms with Crippen LogP contribution in [0.15, 0.2) is 42.5 Å². The number of ether oxygens (including phenoxy) is 2. The number of carbonyl (C=O) groups excluding carboxylic acids is 2. The highest BCUT2D eigenvalue weighted by Crippen LogP contribution is 2.30. The summed E-state index contributed by atoms with van der Waals surface area (Å²) < 4.78 is 10.8. The first-order valence-electron chi connectivity index (χ1n) is 14.6. The second kappa shape index (κ2) is 13.4. The molecule has 0 aliphatic carbocycles. The van der Waals surface area contributed by atoms with E-state index in [0.717, 1.165) is 53.3 Å². The van der Waals surface area contributed by atoms with E-state index in [-0.39, 0.29) is 12.2 Å². The summed E-state index contributed by atoms with van der Waals surface area (Å²) in [6.07, 6.45) is 2.48. The van der Waals surface area contributed by atoms with Gasteiger partial charge in [0.05, 0.1) is 0 Å². The van der Waals surface area contributed by atoms with E-state index >= 15 is 0 Å². The maximum absolute atomic E-state index is 12.1. The largest absolute Gasteiger partial charge is 0.444 e. The van der Waals surface area contributed by atoms with Gasteiger partial charge in [-0.05, 0) is 88.9 Å². The summed E-state index contributed by atoms with van der Waals surface area (Å²) in [6, 6.07) is 12.0. The Hall–Kier alpha value is -4.52. The number of aliphatic hydroxyl groups excluding tert-OH is 1. The van der Waals surface area contributed by atoms with Gasteiger partial charge < -0.3 is 24.4 Å². The molecule has 1 saturated heterocycles. The van der Waals surface area contributed by atoms with E-state index in [1.165, 1.54) is 5.56 Å². The molecule has 1 atom stereocenters. The molecule has 0 radical (unpaired) electrons. The van der Waals surface area contributed by atoms with Crippen molar-refractivity contribution >= 4 is 39.8 Å². The minimum Gasteiger partial charge on any atom is -0.444 e. The number of aromatic amines is 2. The highest BCUT2D eigenvalue weighted by Gasteiger charge is 2.31. The van der Waals surface area contributed by atoms with Crippen molar-refractivity contribution < 1.29 is 24.2 Å². The van der Waals surface area contributed by atoms with Crippen molar-refractivity contribution in [3.63, 3.8) is 0 Å². The summed E-state index contributed by atoms with van der Waals surface area (Å²) in [4.78, 5) is 27.6. The third kappa shape index (κ3) is 8.31. The lowest BCUT2D eigenvalue weighted by molar-refractivity contribution is 0.0287. The van der Waals surface area contributed by atoms with Gasteiger partial charge in [-0.1, -0.05) is 18.2 Å². The van der Waals surface area contributed by atoms with Gasteiger partial charge >= 0.3 is 12.2 Å². The molecule has 0 bridgehead atoms. The maximum Gasteiger partial charge on any atom is 0.410 e. The standard InChI is InChI=1S/C15H20N4O2.C15H18N4O2.CH4O/c2*1-15(2,3)21-14(20)19-7-6-11(9-19)10-4-5-12-13(8-10)17-18-16-12;1-2/h4-5,8,11H,6-7,9H2,1-3H3,(H,16,17,18);4-6,8H,7,9H2,1-3H3,(H,16,17,18);2H,1H3. The van der Waals surface area contributed by atoms with Gasteiger partial charge in [0, 0.05) is 39.2 Å². The van der Waals surface area contributed by atoms with Gasteiger partial charge in [0.15, 0.2) is 0 Å². The fourth-order valence-electron chi connectivity index (χ4n) is 4.91. The number of benzene rings is 2. The quantitative estimate of drug-likeness (QED) is 0.289. The van der Waals surface area contributed by atoms with Crippen molar-refractivity contribution in [1.29, 1.82) is 0 Å². The molecule has 13 heteroatoms. The van der Waals surface area contributed by atoms with E-state index in [9.17, 15) is 9.59 Å². The number of aromatic nitrogens is 6. The van der Waals surface area contributed by atoms with E-state index in [0.29, 0.717) is 25.6 Å². The lowest BCUT2D eigenvalue weighted by Crippen LogP contribution is -2.35. The third-order valence-corrected chi connectivity index (χ3v) is 6.91.